The summed E-state index contributed by atoms with van der Waals surface area (Å²) in [6.45, 7) is 3.03. The fraction of sp³-hybridized carbons (Fsp3) is 0.192. The maximum Gasteiger partial charge on any atom is 0.416 e. The highest BCUT2D eigenvalue weighted by atomic mass is 32.2. The van der Waals surface area contributed by atoms with Gasteiger partial charge in [-0.25, -0.2) is 0 Å². The van der Waals surface area contributed by atoms with E-state index in [0.29, 0.717) is 40.1 Å². The van der Waals surface area contributed by atoms with Crippen molar-refractivity contribution in [2.75, 3.05) is 18.1 Å². The highest BCUT2D eigenvalue weighted by Crippen LogP contribution is 2.35. The van der Waals surface area contributed by atoms with Crippen molar-refractivity contribution in [1.82, 2.24) is 9.47 Å². The summed E-state index contributed by atoms with van der Waals surface area (Å²) >= 11 is 2.23. The normalized spacial score (nSPS) is 15.1. The van der Waals surface area contributed by atoms with Crippen LogP contribution >= 0.6 is 23.5 Å². The van der Waals surface area contributed by atoms with Gasteiger partial charge in [-0.3, -0.25) is 19.3 Å². The molecule has 6 nitrogen and oxygen atoms in total. The predicted molar refractivity (Wildman–Crippen MR) is 140 cm³/mol. The number of benzene rings is 2. The van der Waals surface area contributed by atoms with E-state index in [1.165, 1.54) is 23.9 Å². The Balaban J connectivity index is 1.54. The molecule has 0 saturated carbocycles. The van der Waals surface area contributed by atoms with E-state index in [4.69, 9.17) is 0 Å². The van der Waals surface area contributed by atoms with Gasteiger partial charge in [0.25, 0.3) is 11.1 Å². The Morgan fingerprint density at radius 2 is 1.81 bits per heavy atom. The molecule has 1 saturated heterocycles. The summed E-state index contributed by atoms with van der Waals surface area (Å²) < 4.78 is 41.2. The third-order valence-corrected chi connectivity index (χ3v) is 7.35. The Hall–Kier alpha value is -3.44. The molecule has 11 heteroatoms. The predicted octanol–water partition coefficient (Wildman–Crippen LogP) is 6.51. The lowest BCUT2D eigenvalue weighted by atomic mass is 10.2. The monoisotopic (exact) mass is 545 g/mol. The third kappa shape index (κ3) is 5.78. The molecular weight excluding hydrogens is 523 g/mol. The zero-order chi connectivity index (χ0) is 26.9. The lowest BCUT2D eigenvalue weighted by Gasteiger charge is -2.13. The molecule has 0 unspecified atom stereocenters. The maximum atomic E-state index is 13.2. The minimum atomic E-state index is -4.48. The molecule has 37 heavy (non-hydrogen) atoms. The third-order valence-electron chi connectivity index (χ3n) is 5.72. The maximum absolute atomic E-state index is 13.2. The Morgan fingerprint density at radius 3 is 2.51 bits per heavy atom. The first-order valence-electron chi connectivity index (χ1n) is 11.0. The van der Waals surface area contributed by atoms with Gasteiger partial charge in [0, 0.05) is 27.7 Å². The minimum Gasteiger partial charge on any atom is -0.324 e. The van der Waals surface area contributed by atoms with E-state index in [2.05, 4.69) is 5.32 Å². The van der Waals surface area contributed by atoms with Crippen molar-refractivity contribution in [1.29, 1.82) is 0 Å². The average molecular weight is 546 g/mol. The summed E-state index contributed by atoms with van der Waals surface area (Å²) in [7, 11) is 0. The zero-order valence-electron chi connectivity index (χ0n) is 20.1. The van der Waals surface area contributed by atoms with Crippen LogP contribution in [-0.2, 0) is 15.8 Å². The molecule has 3 aromatic rings. The smallest absolute Gasteiger partial charge is 0.324 e. The van der Waals surface area contributed by atoms with Crippen LogP contribution in [0.4, 0.5) is 23.7 Å². The summed E-state index contributed by atoms with van der Waals surface area (Å²) in [6, 6.07) is 13.9. The first kappa shape index (κ1) is 26.6. The number of hydrogen-bond acceptors (Lipinski definition) is 5. The van der Waals surface area contributed by atoms with E-state index < -0.39 is 35.3 Å². The Bertz CT molecular complexity index is 1430. The van der Waals surface area contributed by atoms with Gasteiger partial charge in [0.15, 0.2) is 0 Å². The molecule has 1 N–H and O–H groups in total. The number of hydrogen-bond donors (Lipinski definition) is 1. The van der Waals surface area contributed by atoms with Gasteiger partial charge in [-0.05, 0) is 86.0 Å². The van der Waals surface area contributed by atoms with Crippen LogP contribution in [0.3, 0.4) is 0 Å². The summed E-state index contributed by atoms with van der Waals surface area (Å²) in [5, 5.41) is 2.12. The molecule has 1 aliphatic heterocycles. The largest absolute Gasteiger partial charge is 0.416 e. The number of nitrogens with zero attached hydrogens (tertiary/aromatic N) is 2. The number of aromatic nitrogens is 1. The topological polar surface area (TPSA) is 71.4 Å². The molecule has 0 radical (unpaired) electrons. The van der Waals surface area contributed by atoms with Crippen molar-refractivity contribution in [2.45, 2.75) is 24.9 Å². The van der Waals surface area contributed by atoms with Crippen LogP contribution in [0.1, 0.15) is 22.5 Å². The number of nitrogens with one attached hydrogen (secondary N) is 1. The molecule has 2 heterocycles. The van der Waals surface area contributed by atoms with Crippen LogP contribution in [0.2, 0.25) is 0 Å². The summed E-state index contributed by atoms with van der Waals surface area (Å²) in [4.78, 5) is 39.9. The van der Waals surface area contributed by atoms with Gasteiger partial charge in [0.05, 0.1) is 10.5 Å². The van der Waals surface area contributed by atoms with E-state index in [9.17, 15) is 27.6 Å². The molecular formula is C26H22F3N3O3S2. The summed E-state index contributed by atoms with van der Waals surface area (Å²) in [5.74, 6) is -1.11. The molecule has 4 rings (SSSR count). The second kappa shape index (κ2) is 10.5. The standard InChI is InChI=1S/C26H22F3N3O3S2/c1-15-10-17(16(2)32(15)20-8-4-6-18(12-20)26(27,28)29)11-22-24(34)31(25(35)37-22)14-23(33)30-19-7-5-9-21(13-19)36-3/h4-13H,14H2,1-3H3,(H,30,33)/b22-11-. The van der Waals surface area contributed by atoms with Gasteiger partial charge in [0.2, 0.25) is 5.91 Å². The van der Waals surface area contributed by atoms with Crippen LogP contribution in [0.5, 0.6) is 0 Å². The van der Waals surface area contributed by atoms with E-state index in [0.717, 1.165) is 21.9 Å². The molecule has 0 aliphatic carbocycles. The second-order valence-corrected chi connectivity index (χ2v) is 10.1. The van der Waals surface area contributed by atoms with Gasteiger partial charge in [0.1, 0.15) is 6.54 Å². The highest BCUT2D eigenvalue weighted by molar-refractivity contribution is 8.18. The van der Waals surface area contributed by atoms with E-state index in [1.807, 2.05) is 12.3 Å². The van der Waals surface area contributed by atoms with E-state index >= 15 is 0 Å². The Kier molecular flexibility index (Phi) is 7.56. The van der Waals surface area contributed by atoms with Gasteiger partial charge in [-0.15, -0.1) is 11.8 Å². The molecule has 0 atom stereocenters. The van der Waals surface area contributed by atoms with Crippen molar-refractivity contribution < 1.29 is 27.6 Å². The Morgan fingerprint density at radius 1 is 1.08 bits per heavy atom. The van der Waals surface area contributed by atoms with Crippen LogP contribution < -0.4 is 5.32 Å². The SMILES string of the molecule is CSc1cccc(NC(=O)CN2C(=O)S/C(=C\c3cc(C)n(-c4cccc(C(F)(F)F)c4)c3C)C2=O)c1. The molecule has 2 aromatic carbocycles. The second-order valence-electron chi connectivity index (χ2n) is 8.26. The van der Waals surface area contributed by atoms with Crippen molar-refractivity contribution in [3.63, 3.8) is 0 Å². The Labute approximate surface area is 219 Å². The molecule has 3 amide bonds. The molecule has 1 aromatic heterocycles. The number of amides is 3. The fourth-order valence-electron chi connectivity index (χ4n) is 3.97. The minimum absolute atomic E-state index is 0.131. The molecule has 1 aliphatic rings. The van der Waals surface area contributed by atoms with Crippen LogP contribution in [0, 0.1) is 13.8 Å². The molecule has 192 valence electrons. The molecule has 1 fully saturated rings. The van der Waals surface area contributed by atoms with Crippen molar-refractivity contribution in [3.8, 4) is 5.69 Å². The highest BCUT2D eigenvalue weighted by Gasteiger charge is 2.36. The first-order chi connectivity index (χ1) is 17.5. The van der Waals surface area contributed by atoms with Crippen molar-refractivity contribution in [3.05, 3.63) is 82.0 Å². The van der Waals surface area contributed by atoms with Gasteiger partial charge in [-0.2, -0.15) is 13.2 Å². The van der Waals surface area contributed by atoms with Gasteiger partial charge < -0.3 is 9.88 Å². The molecule has 0 spiro atoms. The number of carbonyl (C=O) groups excluding carboxylic acids is 3. The number of imide groups is 1. The average Bonchev–Trinajstić information content (AvgIpc) is 3.27. The number of halogens is 3. The van der Waals surface area contributed by atoms with Gasteiger partial charge >= 0.3 is 6.18 Å². The zero-order valence-corrected chi connectivity index (χ0v) is 21.7. The number of thioether (sulfide) groups is 2. The lowest BCUT2D eigenvalue weighted by Crippen LogP contribution is -2.36. The van der Waals surface area contributed by atoms with Crippen LogP contribution in [0.15, 0.2) is 64.4 Å². The van der Waals surface area contributed by atoms with E-state index in [1.54, 1.807) is 48.7 Å². The van der Waals surface area contributed by atoms with Crippen molar-refractivity contribution >= 4 is 52.3 Å². The quantitative estimate of drug-likeness (QED) is 0.283. The van der Waals surface area contributed by atoms with E-state index in [-0.39, 0.29) is 4.91 Å². The van der Waals surface area contributed by atoms with Crippen molar-refractivity contribution in [2.24, 2.45) is 0 Å². The first-order valence-corrected chi connectivity index (χ1v) is 13.1. The van der Waals surface area contributed by atoms with Crippen LogP contribution in [-0.4, -0.2) is 39.3 Å². The number of carbonyl (C=O) groups is 3. The van der Waals surface area contributed by atoms with Crippen LogP contribution in [0.25, 0.3) is 11.8 Å². The van der Waals surface area contributed by atoms with Gasteiger partial charge in [-0.1, -0.05) is 12.1 Å². The fourth-order valence-corrected chi connectivity index (χ4v) is 5.26. The number of aryl methyl sites for hydroxylation is 1. The summed E-state index contributed by atoms with van der Waals surface area (Å²) in [5.41, 5.74) is 1.97. The number of alkyl halides is 3. The molecule has 0 bridgehead atoms. The number of rotatable bonds is 6. The lowest BCUT2D eigenvalue weighted by molar-refractivity contribution is -0.137. The summed E-state index contributed by atoms with van der Waals surface area (Å²) in [6.07, 6.45) is -1.04. The number of anilines is 1.